The summed E-state index contributed by atoms with van der Waals surface area (Å²) in [6.45, 7) is 0. The van der Waals surface area contributed by atoms with E-state index in [-0.39, 0.29) is 0 Å². The fraction of sp³-hybridized carbons (Fsp3) is 0.0909. The molecule has 3 aromatic carbocycles. The SMILES string of the molecule is O=S(=O)(c1ccccc1)C(/C=C/n1nnc2ccccc21)Cc1ccccc1. The number of para-hydroxylation sites is 1. The first-order valence-corrected chi connectivity index (χ1v) is 10.5. The van der Waals surface area contributed by atoms with Crippen molar-refractivity contribution in [3.8, 4) is 0 Å². The van der Waals surface area contributed by atoms with Gasteiger partial charge in [0, 0.05) is 6.20 Å². The third-order valence-corrected chi connectivity index (χ3v) is 6.62. The molecule has 0 saturated carbocycles. The standard InChI is InChI=1S/C22H19N3O2S/c26-28(27,19-11-5-2-6-12-19)20(17-18-9-3-1-4-10-18)15-16-25-22-14-8-7-13-21(22)23-24-25/h1-16,20H,17H2/b16-15+. The van der Waals surface area contributed by atoms with Crippen LogP contribution in [0.15, 0.2) is 95.9 Å². The number of aromatic nitrogens is 3. The summed E-state index contributed by atoms with van der Waals surface area (Å²) in [4.78, 5) is 0.309. The van der Waals surface area contributed by atoms with Crippen molar-refractivity contribution in [2.45, 2.75) is 16.6 Å². The van der Waals surface area contributed by atoms with Crippen molar-refractivity contribution in [1.82, 2.24) is 15.0 Å². The highest BCUT2D eigenvalue weighted by Gasteiger charge is 2.25. The second-order valence-electron chi connectivity index (χ2n) is 6.45. The average Bonchev–Trinajstić information content (AvgIpc) is 3.15. The summed E-state index contributed by atoms with van der Waals surface area (Å²) in [6.07, 6.45) is 3.75. The van der Waals surface area contributed by atoms with Crippen LogP contribution in [0.5, 0.6) is 0 Å². The first-order valence-electron chi connectivity index (χ1n) is 8.96. The Morgan fingerprint density at radius 1 is 0.857 bits per heavy atom. The zero-order valence-corrected chi connectivity index (χ0v) is 15.9. The van der Waals surface area contributed by atoms with Gasteiger partial charge in [-0.15, -0.1) is 5.10 Å². The van der Waals surface area contributed by atoms with E-state index in [1.165, 1.54) is 0 Å². The van der Waals surface area contributed by atoms with Gasteiger partial charge in [-0.05, 0) is 42.3 Å². The van der Waals surface area contributed by atoms with E-state index in [1.54, 1.807) is 41.2 Å². The van der Waals surface area contributed by atoms with Crippen molar-refractivity contribution < 1.29 is 8.42 Å². The fourth-order valence-electron chi connectivity index (χ4n) is 3.09. The van der Waals surface area contributed by atoms with Gasteiger partial charge in [0.05, 0.1) is 15.7 Å². The van der Waals surface area contributed by atoms with E-state index in [0.29, 0.717) is 11.3 Å². The molecule has 0 amide bonds. The van der Waals surface area contributed by atoms with Gasteiger partial charge in [-0.1, -0.05) is 65.9 Å². The van der Waals surface area contributed by atoms with Crippen molar-refractivity contribution in [3.63, 3.8) is 0 Å². The minimum absolute atomic E-state index is 0.309. The van der Waals surface area contributed by atoms with Crippen LogP contribution in [-0.2, 0) is 16.3 Å². The predicted octanol–water partition coefficient (Wildman–Crippen LogP) is 3.99. The van der Waals surface area contributed by atoms with Crippen molar-refractivity contribution in [2.75, 3.05) is 0 Å². The number of nitrogens with zero attached hydrogens (tertiary/aromatic N) is 3. The number of hydrogen-bond acceptors (Lipinski definition) is 4. The molecule has 6 heteroatoms. The third kappa shape index (κ3) is 3.73. The van der Waals surface area contributed by atoms with E-state index in [2.05, 4.69) is 10.3 Å². The summed E-state index contributed by atoms with van der Waals surface area (Å²) < 4.78 is 28.1. The van der Waals surface area contributed by atoms with Crippen molar-refractivity contribution >= 4 is 27.1 Å². The molecule has 0 radical (unpaired) electrons. The molecule has 4 rings (SSSR count). The zero-order valence-electron chi connectivity index (χ0n) is 15.1. The van der Waals surface area contributed by atoms with E-state index in [1.807, 2.05) is 60.7 Å². The maximum atomic E-state index is 13.3. The Kier molecular flexibility index (Phi) is 5.04. The van der Waals surface area contributed by atoms with Crippen LogP contribution in [0, 0.1) is 0 Å². The third-order valence-electron chi connectivity index (χ3n) is 4.57. The lowest BCUT2D eigenvalue weighted by Crippen LogP contribution is -2.22. The summed E-state index contributed by atoms with van der Waals surface area (Å²) in [6, 6.07) is 25.7. The molecule has 0 aliphatic rings. The molecule has 1 aromatic heterocycles. The summed E-state index contributed by atoms with van der Waals surface area (Å²) >= 11 is 0. The van der Waals surface area contributed by atoms with Gasteiger partial charge in [-0.3, -0.25) is 0 Å². The Morgan fingerprint density at radius 2 is 1.50 bits per heavy atom. The number of rotatable bonds is 6. The van der Waals surface area contributed by atoms with Crippen LogP contribution in [0.4, 0.5) is 0 Å². The van der Waals surface area contributed by atoms with Crippen LogP contribution in [0.2, 0.25) is 0 Å². The Bertz CT molecular complexity index is 1200. The highest BCUT2D eigenvalue weighted by atomic mass is 32.2. The lowest BCUT2D eigenvalue weighted by molar-refractivity contribution is 0.587. The lowest BCUT2D eigenvalue weighted by atomic mass is 10.1. The number of hydrogen-bond donors (Lipinski definition) is 0. The summed E-state index contributed by atoms with van der Waals surface area (Å²) in [5.41, 5.74) is 2.55. The molecule has 5 nitrogen and oxygen atoms in total. The van der Waals surface area contributed by atoms with Gasteiger partial charge in [0.25, 0.3) is 0 Å². The maximum Gasteiger partial charge on any atom is 0.185 e. The summed E-state index contributed by atoms with van der Waals surface area (Å²) in [5.74, 6) is 0. The van der Waals surface area contributed by atoms with Crippen LogP contribution >= 0.6 is 0 Å². The number of benzene rings is 3. The highest BCUT2D eigenvalue weighted by molar-refractivity contribution is 7.92. The van der Waals surface area contributed by atoms with Crippen molar-refractivity contribution in [2.24, 2.45) is 0 Å². The van der Waals surface area contributed by atoms with Crippen molar-refractivity contribution in [3.05, 3.63) is 96.6 Å². The second kappa shape index (κ2) is 7.78. The van der Waals surface area contributed by atoms with E-state index in [9.17, 15) is 8.42 Å². The van der Waals surface area contributed by atoms with E-state index >= 15 is 0 Å². The van der Waals surface area contributed by atoms with Crippen LogP contribution in [0.1, 0.15) is 5.56 Å². The molecule has 4 aromatic rings. The Balaban J connectivity index is 1.72. The first-order chi connectivity index (χ1) is 13.6. The van der Waals surface area contributed by atoms with Gasteiger partial charge >= 0.3 is 0 Å². The van der Waals surface area contributed by atoms with Gasteiger partial charge in [-0.25, -0.2) is 13.1 Å². The quantitative estimate of drug-likeness (QED) is 0.500. The largest absolute Gasteiger partial charge is 0.223 e. The van der Waals surface area contributed by atoms with Gasteiger partial charge < -0.3 is 0 Å². The molecule has 140 valence electrons. The zero-order chi connectivity index (χ0) is 19.4. The Morgan fingerprint density at radius 3 is 2.25 bits per heavy atom. The average molecular weight is 389 g/mol. The first kappa shape index (κ1) is 18.1. The molecule has 0 aliphatic carbocycles. The van der Waals surface area contributed by atoms with E-state index in [0.717, 1.165) is 16.6 Å². The van der Waals surface area contributed by atoms with Crippen molar-refractivity contribution in [1.29, 1.82) is 0 Å². The molecule has 1 atom stereocenters. The lowest BCUT2D eigenvalue weighted by Gasteiger charge is -2.14. The molecule has 0 saturated heterocycles. The molecule has 0 N–H and O–H groups in total. The summed E-state index contributed by atoms with van der Waals surface area (Å²) in [7, 11) is -3.55. The van der Waals surface area contributed by atoms with Gasteiger partial charge in [-0.2, -0.15) is 0 Å². The predicted molar refractivity (Wildman–Crippen MR) is 110 cm³/mol. The molecule has 0 fully saturated rings. The van der Waals surface area contributed by atoms with Gasteiger partial charge in [0.15, 0.2) is 9.84 Å². The summed E-state index contributed by atoms with van der Waals surface area (Å²) in [5, 5.41) is 7.51. The number of fused-ring (bicyclic) bond motifs is 1. The number of sulfone groups is 1. The topological polar surface area (TPSA) is 64.8 Å². The minimum Gasteiger partial charge on any atom is -0.223 e. The second-order valence-corrected chi connectivity index (χ2v) is 8.62. The van der Waals surface area contributed by atoms with Crippen LogP contribution in [0.25, 0.3) is 17.2 Å². The molecular weight excluding hydrogens is 370 g/mol. The van der Waals surface area contributed by atoms with Gasteiger partial charge in [0.1, 0.15) is 5.52 Å². The Labute approximate surface area is 163 Å². The smallest absolute Gasteiger partial charge is 0.185 e. The Hall–Kier alpha value is -3.25. The highest BCUT2D eigenvalue weighted by Crippen LogP contribution is 2.21. The molecule has 1 heterocycles. The molecule has 0 aliphatic heterocycles. The van der Waals surface area contributed by atoms with E-state index in [4.69, 9.17) is 0 Å². The van der Waals surface area contributed by atoms with Crippen LogP contribution in [0.3, 0.4) is 0 Å². The molecule has 0 bridgehead atoms. The van der Waals surface area contributed by atoms with Crippen LogP contribution in [-0.4, -0.2) is 28.7 Å². The minimum atomic E-state index is -3.55. The van der Waals surface area contributed by atoms with Crippen LogP contribution < -0.4 is 0 Å². The molecule has 0 spiro atoms. The normalized spacial score (nSPS) is 13.1. The molecule has 1 unspecified atom stereocenters. The molecule has 28 heavy (non-hydrogen) atoms. The fourth-order valence-corrected chi connectivity index (χ4v) is 4.66. The van der Waals surface area contributed by atoms with Gasteiger partial charge in [0.2, 0.25) is 0 Å². The maximum absolute atomic E-state index is 13.3. The van der Waals surface area contributed by atoms with E-state index < -0.39 is 15.1 Å². The monoisotopic (exact) mass is 389 g/mol. The molecular formula is C22H19N3O2S.